The van der Waals surface area contributed by atoms with E-state index in [0.29, 0.717) is 5.56 Å². The standard InChI is InChI=1S/C14H13BrN2OS/c1-9-5-6-11(8-12(9)15)14(18)17-16-10(2)13-4-3-7-19-13/h3-8H,1-2H3,(H,17,18)/b16-10+. The number of carbonyl (C=O) groups is 1. The molecular weight excluding hydrogens is 324 g/mol. The number of hydrogen-bond acceptors (Lipinski definition) is 3. The van der Waals surface area contributed by atoms with E-state index in [0.717, 1.165) is 20.6 Å². The average molecular weight is 337 g/mol. The lowest BCUT2D eigenvalue weighted by Gasteiger charge is -2.03. The summed E-state index contributed by atoms with van der Waals surface area (Å²) in [6.07, 6.45) is 0. The minimum absolute atomic E-state index is 0.211. The molecule has 0 fully saturated rings. The van der Waals surface area contributed by atoms with Gasteiger partial charge in [0.1, 0.15) is 0 Å². The first-order chi connectivity index (χ1) is 9.08. The quantitative estimate of drug-likeness (QED) is 0.668. The Hall–Kier alpha value is -1.46. The van der Waals surface area contributed by atoms with E-state index in [1.54, 1.807) is 23.5 Å². The SMILES string of the molecule is C/C(=N\NC(=O)c1ccc(C)c(Br)c1)c1cccs1. The number of hydrogen-bond donors (Lipinski definition) is 1. The molecule has 0 aliphatic rings. The van der Waals surface area contributed by atoms with Gasteiger partial charge in [-0.15, -0.1) is 11.3 Å². The van der Waals surface area contributed by atoms with Crippen LogP contribution in [0.25, 0.3) is 0 Å². The molecule has 0 bridgehead atoms. The summed E-state index contributed by atoms with van der Waals surface area (Å²) in [4.78, 5) is 13.0. The van der Waals surface area contributed by atoms with Crippen LogP contribution in [0, 0.1) is 6.92 Å². The normalized spacial score (nSPS) is 11.4. The summed E-state index contributed by atoms with van der Waals surface area (Å²) in [5, 5.41) is 6.09. The van der Waals surface area contributed by atoms with E-state index < -0.39 is 0 Å². The summed E-state index contributed by atoms with van der Waals surface area (Å²) < 4.78 is 0.916. The van der Waals surface area contributed by atoms with E-state index in [1.165, 1.54) is 0 Å². The van der Waals surface area contributed by atoms with Crippen molar-refractivity contribution in [2.75, 3.05) is 0 Å². The third-order valence-corrected chi connectivity index (χ3v) is 4.47. The number of nitrogens with one attached hydrogen (secondary N) is 1. The summed E-state index contributed by atoms with van der Waals surface area (Å²) in [5.41, 5.74) is 5.04. The highest BCUT2D eigenvalue weighted by Gasteiger charge is 2.06. The van der Waals surface area contributed by atoms with Gasteiger partial charge < -0.3 is 0 Å². The lowest BCUT2D eigenvalue weighted by atomic mass is 10.1. The molecule has 98 valence electrons. The number of thiophene rings is 1. The Morgan fingerprint density at radius 1 is 1.37 bits per heavy atom. The monoisotopic (exact) mass is 336 g/mol. The second-order valence-electron chi connectivity index (χ2n) is 4.08. The average Bonchev–Trinajstić information content (AvgIpc) is 2.92. The Balaban J connectivity index is 2.09. The van der Waals surface area contributed by atoms with Crippen LogP contribution >= 0.6 is 27.3 Å². The first-order valence-electron chi connectivity index (χ1n) is 5.72. The van der Waals surface area contributed by atoms with Crippen LogP contribution in [0.2, 0.25) is 0 Å². The molecule has 0 saturated heterocycles. The first-order valence-corrected chi connectivity index (χ1v) is 7.40. The van der Waals surface area contributed by atoms with Crippen molar-refractivity contribution in [3.63, 3.8) is 0 Å². The molecule has 0 saturated carbocycles. The summed E-state index contributed by atoms with van der Waals surface area (Å²) in [7, 11) is 0. The first kappa shape index (κ1) is 14.0. The highest BCUT2D eigenvalue weighted by atomic mass is 79.9. The molecule has 0 aliphatic heterocycles. The zero-order valence-electron chi connectivity index (χ0n) is 10.6. The lowest BCUT2D eigenvalue weighted by Crippen LogP contribution is -2.19. The minimum atomic E-state index is -0.211. The van der Waals surface area contributed by atoms with E-state index in [1.807, 2.05) is 37.4 Å². The largest absolute Gasteiger partial charge is 0.271 e. The van der Waals surface area contributed by atoms with Gasteiger partial charge in [0.2, 0.25) is 0 Å². The van der Waals surface area contributed by atoms with Crippen LogP contribution < -0.4 is 5.43 Å². The predicted octanol–water partition coefficient (Wildman–Crippen LogP) is 3.97. The molecule has 0 radical (unpaired) electrons. The van der Waals surface area contributed by atoms with Crippen LogP contribution in [-0.4, -0.2) is 11.6 Å². The van der Waals surface area contributed by atoms with Gasteiger partial charge in [0.25, 0.3) is 5.91 Å². The maximum Gasteiger partial charge on any atom is 0.271 e. The van der Waals surface area contributed by atoms with Crippen molar-refractivity contribution in [1.29, 1.82) is 0 Å². The fraction of sp³-hybridized carbons (Fsp3) is 0.143. The van der Waals surface area contributed by atoms with Crippen molar-refractivity contribution in [2.24, 2.45) is 5.10 Å². The highest BCUT2D eigenvalue weighted by molar-refractivity contribution is 9.10. The molecule has 3 nitrogen and oxygen atoms in total. The van der Waals surface area contributed by atoms with Gasteiger partial charge in [0, 0.05) is 14.9 Å². The maximum absolute atomic E-state index is 11.9. The topological polar surface area (TPSA) is 41.5 Å². The van der Waals surface area contributed by atoms with Crippen molar-refractivity contribution in [2.45, 2.75) is 13.8 Å². The molecule has 0 unspecified atom stereocenters. The number of amides is 1. The number of hydrazone groups is 1. The molecule has 2 aromatic rings. The molecule has 2 rings (SSSR count). The molecule has 0 atom stereocenters. The molecule has 1 N–H and O–H groups in total. The fourth-order valence-corrected chi connectivity index (χ4v) is 2.53. The Kier molecular flexibility index (Phi) is 4.50. The van der Waals surface area contributed by atoms with Crippen LogP contribution in [0.5, 0.6) is 0 Å². The molecule has 19 heavy (non-hydrogen) atoms. The van der Waals surface area contributed by atoms with Gasteiger partial charge in [-0.05, 0) is 43.0 Å². The molecule has 0 spiro atoms. The number of halogens is 1. The summed E-state index contributed by atoms with van der Waals surface area (Å²) in [6.45, 7) is 3.85. The van der Waals surface area contributed by atoms with Gasteiger partial charge in [-0.3, -0.25) is 4.79 Å². The molecule has 0 aliphatic carbocycles. The molecule has 1 aromatic heterocycles. The molecule has 1 aromatic carbocycles. The summed E-state index contributed by atoms with van der Waals surface area (Å²) >= 11 is 5.01. The Bertz CT molecular complexity index is 620. The van der Waals surface area contributed by atoms with Gasteiger partial charge in [-0.25, -0.2) is 5.43 Å². The van der Waals surface area contributed by atoms with Gasteiger partial charge >= 0.3 is 0 Å². The minimum Gasteiger partial charge on any atom is -0.267 e. The van der Waals surface area contributed by atoms with E-state index in [9.17, 15) is 4.79 Å². The van der Waals surface area contributed by atoms with Gasteiger partial charge in [0.05, 0.1) is 5.71 Å². The number of nitrogens with zero attached hydrogens (tertiary/aromatic N) is 1. The van der Waals surface area contributed by atoms with E-state index in [-0.39, 0.29) is 5.91 Å². The third kappa shape index (κ3) is 3.52. The van der Waals surface area contributed by atoms with Gasteiger partial charge in [-0.2, -0.15) is 5.10 Å². The Morgan fingerprint density at radius 2 is 2.16 bits per heavy atom. The van der Waals surface area contributed by atoms with Gasteiger partial charge in [0.15, 0.2) is 0 Å². The zero-order valence-corrected chi connectivity index (χ0v) is 13.0. The van der Waals surface area contributed by atoms with Crippen LogP contribution in [0.15, 0.2) is 45.3 Å². The van der Waals surface area contributed by atoms with Crippen molar-refractivity contribution < 1.29 is 4.79 Å². The maximum atomic E-state index is 11.9. The summed E-state index contributed by atoms with van der Waals surface area (Å²) in [6, 6.07) is 9.40. The number of rotatable bonds is 3. The van der Waals surface area contributed by atoms with Crippen LogP contribution in [0.1, 0.15) is 27.7 Å². The number of benzene rings is 1. The van der Waals surface area contributed by atoms with Crippen LogP contribution in [0.3, 0.4) is 0 Å². The predicted molar refractivity (Wildman–Crippen MR) is 82.9 cm³/mol. The van der Waals surface area contributed by atoms with Crippen molar-refractivity contribution in [3.8, 4) is 0 Å². The third-order valence-electron chi connectivity index (χ3n) is 2.64. The van der Waals surface area contributed by atoms with E-state index in [2.05, 4.69) is 26.5 Å². The number of carbonyl (C=O) groups excluding carboxylic acids is 1. The second kappa shape index (κ2) is 6.12. The van der Waals surface area contributed by atoms with E-state index >= 15 is 0 Å². The Labute approximate surface area is 124 Å². The van der Waals surface area contributed by atoms with E-state index in [4.69, 9.17) is 0 Å². The second-order valence-corrected chi connectivity index (χ2v) is 5.88. The molecule has 1 heterocycles. The number of aryl methyl sites for hydroxylation is 1. The zero-order chi connectivity index (χ0) is 13.8. The molecule has 1 amide bonds. The van der Waals surface area contributed by atoms with Gasteiger partial charge in [-0.1, -0.05) is 28.1 Å². The molecular formula is C14H13BrN2OS. The fourth-order valence-electron chi connectivity index (χ4n) is 1.47. The van der Waals surface area contributed by atoms with Crippen molar-refractivity contribution in [3.05, 3.63) is 56.2 Å². The van der Waals surface area contributed by atoms with Crippen molar-refractivity contribution in [1.82, 2.24) is 5.43 Å². The lowest BCUT2D eigenvalue weighted by molar-refractivity contribution is 0.0955. The molecule has 5 heteroatoms. The Morgan fingerprint density at radius 3 is 2.79 bits per heavy atom. The summed E-state index contributed by atoms with van der Waals surface area (Å²) in [5.74, 6) is -0.211. The smallest absolute Gasteiger partial charge is 0.267 e. The van der Waals surface area contributed by atoms with Crippen LogP contribution in [-0.2, 0) is 0 Å². The highest BCUT2D eigenvalue weighted by Crippen LogP contribution is 2.17. The van der Waals surface area contributed by atoms with Crippen LogP contribution in [0.4, 0.5) is 0 Å². The van der Waals surface area contributed by atoms with Crippen molar-refractivity contribution >= 4 is 38.9 Å².